The molecule has 5 nitrogen and oxygen atoms in total. The van der Waals surface area contributed by atoms with Crippen LogP contribution in [0.4, 0.5) is 4.39 Å². The normalized spacial score (nSPS) is 11.2. The van der Waals surface area contributed by atoms with E-state index in [1.165, 1.54) is 24.5 Å². The summed E-state index contributed by atoms with van der Waals surface area (Å²) in [5.74, 6) is -0.918. The van der Waals surface area contributed by atoms with Gasteiger partial charge in [-0.05, 0) is 24.3 Å². The molecule has 0 aliphatic rings. The Morgan fingerprint density at radius 3 is 2.44 bits per heavy atom. The molecule has 0 unspecified atom stereocenters. The zero-order valence-corrected chi connectivity index (χ0v) is 10.2. The predicted molar refractivity (Wildman–Crippen MR) is 61.6 cm³/mol. The van der Waals surface area contributed by atoms with Crippen LogP contribution < -0.4 is 4.74 Å². The quantitative estimate of drug-likeness (QED) is 0.849. The van der Waals surface area contributed by atoms with Crippen molar-refractivity contribution in [3.8, 4) is 11.8 Å². The van der Waals surface area contributed by atoms with Gasteiger partial charge in [0.05, 0.1) is 4.90 Å². The van der Waals surface area contributed by atoms with Gasteiger partial charge in [0.25, 0.3) is 0 Å². The molecule has 94 valence electrons. The SMILES string of the molecule is CS(=O)(=O)c1ccc(Oc2ncccn2)c(F)c1. The summed E-state index contributed by atoms with van der Waals surface area (Å²) in [5.41, 5.74) is 0. The molecule has 1 aromatic carbocycles. The third kappa shape index (κ3) is 2.80. The largest absolute Gasteiger partial charge is 0.421 e. The zero-order valence-electron chi connectivity index (χ0n) is 9.37. The van der Waals surface area contributed by atoms with Crippen molar-refractivity contribution in [3.63, 3.8) is 0 Å². The summed E-state index contributed by atoms with van der Waals surface area (Å²) in [6.07, 6.45) is 3.90. The van der Waals surface area contributed by atoms with Gasteiger partial charge in [-0.2, -0.15) is 0 Å². The molecule has 2 rings (SSSR count). The lowest BCUT2D eigenvalue weighted by molar-refractivity contribution is 0.410. The highest BCUT2D eigenvalue weighted by atomic mass is 32.2. The number of aromatic nitrogens is 2. The Morgan fingerprint density at radius 2 is 1.89 bits per heavy atom. The van der Waals surface area contributed by atoms with Crippen LogP contribution in [0.15, 0.2) is 41.6 Å². The molecule has 0 N–H and O–H groups in total. The fourth-order valence-corrected chi connectivity index (χ4v) is 1.86. The Morgan fingerprint density at radius 1 is 1.22 bits per heavy atom. The van der Waals surface area contributed by atoms with Crippen LogP contribution in [0.5, 0.6) is 11.8 Å². The molecule has 0 bridgehead atoms. The minimum atomic E-state index is -3.44. The summed E-state index contributed by atoms with van der Waals surface area (Å²) < 4.78 is 41.2. The molecule has 0 saturated carbocycles. The van der Waals surface area contributed by atoms with Crippen LogP contribution in [0.25, 0.3) is 0 Å². The standard InChI is InChI=1S/C11H9FN2O3S/c1-18(15,16)8-3-4-10(9(12)7-8)17-11-13-5-2-6-14-11/h2-7H,1H3. The van der Waals surface area contributed by atoms with Crippen LogP contribution in [0.3, 0.4) is 0 Å². The van der Waals surface area contributed by atoms with Crippen LogP contribution in [-0.4, -0.2) is 24.6 Å². The highest BCUT2D eigenvalue weighted by Crippen LogP contribution is 2.24. The van der Waals surface area contributed by atoms with Crippen molar-refractivity contribution < 1.29 is 17.5 Å². The minimum absolute atomic E-state index is 0.0106. The van der Waals surface area contributed by atoms with E-state index in [4.69, 9.17) is 4.74 Å². The molecule has 1 aromatic heterocycles. The maximum atomic E-state index is 13.6. The first kappa shape index (κ1) is 12.4. The number of halogens is 1. The minimum Gasteiger partial charge on any atom is -0.421 e. The van der Waals surface area contributed by atoms with Crippen LogP contribution in [0, 0.1) is 5.82 Å². The van der Waals surface area contributed by atoms with E-state index in [-0.39, 0.29) is 16.7 Å². The van der Waals surface area contributed by atoms with Crippen molar-refractivity contribution in [1.29, 1.82) is 0 Å². The molecule has 0 fully saturated rings. The highest BCUT2D eigenvalue weighted by molar-refractivity contribution is 7.90. The third-order valence-electron chi connectivity index (χ3n) is 2.07. The summed E-state index contributed by atoms with van der Waals surface area (Å²) in [4.78, 5) is 7.43. The van der Waals surface area contributed by atoms with E-state index in [1.807, 2.05) is 0 Å². The Hall–Kier alpha value is -2.02. The van der Waals surface area contributed by atoms with Crippen molar-refractivity contribution in [2.45, 2.75) is 4.90 Å². The first-order chi connectivity index (χ1) is 8.47. The lowest BCUT2D eigenvalue weighted by atomic mass is 10.3. The summed E-state index contributed by atoms with van der Waals surface area (Å²) in [7, 11) is -3.44. The van der Waals surface area contributed by atoms with Gasteiger partial charge in [-0.15, -0.1) is 0 Å². The van der Waals surface area contributed by atoms with Gasteiger partial charge >= 0.3 is 6.01 Å². The van der Waals surface area contributed by atoms with Gasteiger partial charge in [-0.1, -0.05) is 0 Å². The molecule has 0 radical (unpaired) electrons. The van der Waals surface area contributed by atoms with Gasteiger partial charge < -0.3 is 4.74 Å². The van der Waals surface area contributed by atoms with E-state index in [0.29, 0.717) is 0 Å². The molecule has 7 heteroatoms. The van der Waals surface area contributed by atoms with Gasteiger partial charge in [0.2, 0.25) is 0 Å². The summed E-state index contributed by atoms with van der Waals surface area (Å²) in [6.45, 7) is 0. The number of sulfone groups is 1. The topological polar surface area (TPSA) is 69.2 Å². The number of nitrogens with zero attached hydrogens (tertiary/aromatic N) is 2. The number of hydrogen-bond donors (Lipinski definition) is 0. The molecule has 0 amide bonds. The van der Waals surface area contributed by atoms with Crippen molar-refractivity contribution in [1.82, 2.24) is 9.97 Å². The van der Waals surface area contributed by atoms with E-state index in [0.717, 1.165) is 12.3 Å². The second-order valence-electron chi connectivity index (χ2n) is 3.50. The Bertz CT molecular complexity index is 659. The van der Waals surface area contributed by atoms with E-state index in [1.54, 1.807) is 6.07 Å². The first-order valence-electron chi connectivity index (χ1n) is 4.91. The second-order valence-corrected chi connectivity index (χ2v) is 5.51. The lowest BCUT2D eigenvalue weighted by Gasteiger charge is -2.05. The Labute approximate surface area is 103 Å². The van der Waals surface area contributed by atoms with Crippen molar-refractivity contribution in [2.24, 2.45) is 0 Å². The number of ether oxygens (including phenoxy) is 1. The Balaban J connectivity index is 2.32. The van der Waals surface area contributed by atoms with Gasteiger partial charge in [0.15, 0.2) is 21.4 Å². The van der Waals surface area contributed by atoms with Crippen LogP contribution >= 0.6 is 0 Å². The number of benzene rings is 1. The summed E-state index contributed by atoms with van der Waals surface area (Å²) >= 11 is 0. The van der Waals surface area contributed by atoms with Crippen molar-refractivity contribution in [3.05, 3.63) is 42.5 Å². The molecule has 1 heterocycles. The molecular formula is C11H9FN2O3S. The number of rotatable bonds is 3. The summed E-state index contributed by atoms with van der Waals surface area (Å²) in [6, 6.07) is 4.96. The molecule has 0 atom stereocenters. The van der Waals surface area contributed by atoms with Crippen LogP contribution in [0.1, 0.15) is 0 Å². The monoisotopic (exact) mass is 268 g/mol. The summed E-state index contributed by atoms with van der Waals surface area (Å²) in [5, 5.41) is 0. The zero-order chi connectivity index (χ0) is 13.2. The molecule has 18 heavy (non-hydrogen) atoms. The van der Waals surface area contributed by atoms with E-state index >= 15 is 0 Å². The van der Waals surface area contributed by atoms with E-state index in [9.17, 15) is 12.8 Å². The molecule has 0 aliphatic carbocycles. The molecule has 2 aromatic rings. The van der Waals surface area contributed by atoms with E-state index < -0.39 is 15.7 Å². The third-order valence-corrected chi connectivity index (χ3v) is 3.19. The highest BCUT2D eigenvalue weighted by Gasteiger charge is 2.12. The lowest BCUT2D eigenvalue weighted by Crippen LogP contribution is -1.99. The molecule has 0 spiro atoms. The smallest absolute Gasteiger partial charge is 0.321 e. The van der Waals surface area contributed by atoms with Gasteiger partial charge in [0, 0.05) is 18.6 Å². The van der Waals surface area contributed by atoms with Crippen molar-refractivity contribution >= 4 is 9.84 Å². The van der Waals surface area contributed by atoms with Gasteiger partial charge in [-0.25, -0.2) is 22.8 Å². The fraction of sp³-hybridized carbons (Fsp3) is 0.0909. The maximum Gasteiger partial charge on any atom is 0.321 e. The average molecular weight is 268 g/mol. The predicted octanol–water partition coefficient (Wildman–Crippen LogP) is 1.81. The average Bonchev–Trinajstić information content (AvgIpc) is 2.32. The molecular weight excluding hydrogens is 259 g/mol. The van der Waals surface area contributed by atoms with Crippen LogP contribution in [-0.2, 0) is 9.84 Å². The fourth-order valence-electron chi connectivity index (χ4n) is 1.23. The molecule has 0 aliphatic heterocycles. The van der Waals surface area contributed by atoms with Gasteiger partial charge in [0.1, 0.15) is 0 Å². The maximum absolute atomic E-state index is 13.6. The molecule has 0 saturated heterocycles. The van der Waals surface area contributed by atoms with E-state index in [2.05, 4.69) is 9.97 Å². The second kappa shape index (κ2) is 4.69. The Kier molecular flexibility index (Phi) is 3.24. The van der Waals surface area contributed by atoms with Crippen LogP contribution in [0.2, 0.25) is 0 Å². The van der Waals surface area contributed by atoms with Gasteiger partial charge in [-0.3, -0.25) is 0 Å². The first-order valence-corrected chi connectivity index (χ1v) is 6.80. The van der Waals surface area contributed by atoms with Crippen molar-refractivity contribution in [2.75, 3.05) is 6.26 Å². The number of hydrogen-bond acceptors (Lipinski definition) is 5.